The van der Waals surface area contributed by atoms with E-state index in [0.29, 0.717) is 30.8 Å². The van der Waals surface area contributed by atoms with Crippen LogP contribution in [0, 0.1) is 13.8 Å². The lowest BCUT2D eigenvalue weighted by molar-refractivity contribution is 0.422. The number of aryl methyl sites for hydroxylation is 2. The Morgan fingerprint density at radius 2 is 0.592 bits per heavy atom. The van der Waals surface area contributed by atoms with Crippen molar-refractivity contribution >= 4 is 0 Å². The highest BCUT2D eigenvalue weighted by Crippen LogP contribution is 2.42. The average Bonchev–Trinajstić information content (AvgIpc) is 2.93. The molecular formula is C45H60O4. The Bertz CT molecular complexity index is 1660. The molecule has 4 aromatic carbocycles. The van der Waals surface area contributed by atoms with Crippen LogP contribution in [-0.4, -0.2) is 20.4 Å². The average molecular weight is 665 g/mol. The first-order valence-electron chi connectivity index (χ1n) is 17.6. The summed E-state index contributed by atoms with van der Waals surface area (Å²) in [5.41, 5.74) is 10.3. The Labute approximate surface area is 295 Å². The largest absolute Gasteiger partial charge is 0.507 e. The van der Waals surface area contributed by atoms with Crippen molar-refractivity contribution in [3.63, 3.8) is 0 Å². The van der Waals surface area contributed by atoms with Gasteiger partial charge in [-0.15, -0.1) is 0 Å². The molecule has 49 heavy (non-hydrogen) atoms. The molecule has 0 aliphatic rings. The van der Waals surface area contributed by atoms with Gasteiger partial charge in [0.25, 0.3) is 0 Å². The third-order valence-corrected chi connectivity index (χ3v) is 9.65. The number of phenols is 4. The molecule has 0 aliphatic carbocycles. The van der Waals surface area contributed by atoms with Gasteiger partial charge in [-0.25, -0.2) is 0 Å². The summed E-state index contributed by atoms with van der Waals surface area (Å²) in [5, 5.41) is 45.0. The highest BCUT2D eigenvalue weighted by atomic mass is 16.3. The zero-order chi connectivity index (χ0) is 37.0. The molecule has 0 saturated heterocycles. The third-order valence-electron chi connectivity index (χ3n) is 9.65. The minimum absolute atomic E-state index is 0.223. The fourth-order valence-corrected chi connectivity index (χ4v) is 6.90. The maximum Gasteiger partial charge on any atom is 0.123 e. The number of benzene rings is 4. The summed E-state index contributed by atoms with van der Waals surface area (Å²) in [7, 11) is 0. The second kappa shape index (κ2) is 13.1. The summed E-state index contributed by atoms with van der Waals surface area (Å²) in [4.78, 5) is 0. The van der Waals surface area contributed by atoms with Crippen molar-refractivity contribution < 1.29 is 20.4 Å². The first-order chi connectivity index (χ1) is 22.3. The van der Waals surface area contributed by atoms with E-state index in [1.807, 2.05) is 26.0 Å². The second-order valence-corrected chi connectivity index (χ2v) is 18.5. The van der Waals surface area contributed by atoms with Crippen molar-refractivity contribution in [2.45, 2.75) is 138 Å². The summed E-state index contributed by atoms with van der Waals surface area (Å²) in [6.07, 6.45) is 1.69. The molecule has 0 bridgehead atoms. The standard InChI is InChI=1S/C45H60O4/c1-26-15-28(17-30-21-34(42(3,4)5)40(48)35(22-30)43(6,7)8)19-32(38(26)46)25-33-20-29(16-27(2)39(33)47)18-31-23-36(44(9,10)11)41(49)37(24-31)45(12,13)14/h15-16,19-24,46-49H,17-18,25H2,1-14H3. The Hall–Kier alpha value is -3.92. The predicted molar refractivity (Wildman–Crippen MR) is 205 cm³/mol. The lowest BCUT2D eigenvalue weighted by Gasteiger charge is -2.28. The van der Waals surface area contributed by atoms with Crippen LogP contribution in [0.25, 0.3) is 0 Å². The molecule has 0 spiro atoms. The van der Waals surface area contributed by atoms with Crippen molar-refractivity contribution in [3.05, 3.63) is 115 Å². The molecule has 4 nitrogen and oxygen atoms in total. The van der Waals surface area contributed by atoms with Crippen LogP contribution in [0.3, 0.4) is 0 Å². The number of hydrogen-bond acceptors (Lipinski definition) is 4. The monoisotopic (exact) mass is 664 g/mol. The molecule has 0 saturated carbocycles. The smallest absolute Gasteiger partial charge is 0.123 e. The number of rotatable bonds is 6. The Kier molecular flexibility index (Phi) is 10.1. The molecule has 0 fully saturated rings. The number of phenolic OH excluding ortho intramolecular Hbond substituents is 4. The summed E-state index contributed by atoms with van der Waals surface area (Å²) >= 11 is 0. The summed E-state index contributed by atoms with van der Waals surface area (Å²) < 4.78 is 0. The minimum atomic E-state index is -0.223. The van der Waals surface area contributed by atoms with Crippen LogP contribution in [0.4, 0.5) is 0 Å². The molecule has 264 valence electrons. The van der Waals surface area contributed by atoms with E-state index in [2.05, 4.69) is 119 Å². The fourth-order valence-electron chi connectivity index (χ4n) is 6.90. The van der Waals surface area contributed by atoms with Gasteiger partial charge in [0.05, 0.1) is 0 Å². The van der Waals surface area contributed by atoms with Gasteiger partial charge < -0.3 is 20.4 Å². The van der Waals surface area contributed by atoms with Crippen LogP contribution in [0.5, 0.6) is 23.0 Å². The van der Waals surface area contributed by atoms with Crippen molar-refractivity contribution in [3.8, 4) is 23.0 Å². The lowest BCUT2D eigenvalue weighted by atomic mass is 9.78. The maximum atomic E-state index is 11.3. The van der Waals surface area contributed by atoms with Gasteiger partial charge in [0.15, 0.2) is 0 Å². The number of aromatic hydroxyl groups is 4. The van der Waals surface area contributed by atoms with Gasteiger partial charge in [0, 0.05) is 6.42 Å². The van der Waals surface area contributed by atoms with E-state index in [1.54, 1.807) is 0 Å². The van der Waals surface area contributed by atoms with Gasteiger partial charge in [0.1, 0.15) is 23.0 Å². The molecule has 0 atom stereocenters. The van der Waals surface area contributed by atoms with Crippen LogP contribution in [-0.2, 0) is 40.9 Å². The van der Waals surface area contributed by atoms with Crippen molar-refractivity contribution in [2.75, 3.05) is 0 Å². The predicted octanol–water partition coefficient (Wildman–Crippen LogP) is 11.1. The molecule has 4 N–H and O–H groups in total. The Morgan fingerprint density at radius 3 is 0.837 bits per heavy atom. The fraction of sp³-hybridized carbons (Fsp3) is 0.467. The van der Waals surface area contributed by atoms with Gasteiger partial charge in [0.2, 0.25) is 0 Å². The molecule has 0 amide bonds. The second-order valence-electron chi connectivity index (χ2n) is 18.5. The van der Waals surface area contributed by atoms with Crippen LogP contribution < -0.4 is 0 Å². The molecule has 4 heteroatoms. The molecule has 0 radical (unpaired) electrons. The summed E-state index contributed by atoms with van der Waals surface area (Å²) in [5.74, 6) is 1.22. The molecular weight excluding hydrogens is 604 g/mol. The lowest BCUT2D eigenvalue weighted by Crippen LogP contribution is -2.18. The van der Waals surface area contributed by atoms with E-state index in [9.17, 15) is 20.4 Å². The van der Waals surface area contributed by atoms with Crippen molar-refractivity contribution in [2.24, 2.45) is 0 Å². The van der Waals surface area contributed by atoms with Crippen molar-refractivity contribution in [1.29, 1.82) is 0 Å². The van der Waals surface area contributed by atoms with Gasteiger partial charge >= 0.3 is 0 Å². The van der Waals surface area contributed by atoms with E-state index in [0.717, 1.165) is 66.8 Å². The van der Waals surface area contributed by atoms with E-state index in [-0.39, 0.29) is 33.2 Å². The molecule has 0 unspecified atom stereocenters. The SMILES string of the molecule is Cc1cc(Cc2cc(C(C)(C)C)c(O)c(C(C)(C)C)c2)cc(Cc2cc(Cc3cc(C(C)(C)C)c(O)c(C(C)(C)C)c3)cc(C)c2O)c1O. The van der Waals surface area contributed by atoms with Crippen LogP contribution in [0.2, 0.25) is 0 Å². The van der Waals surface area contributed by atoms with Gasteiger partial charge in [-0.05, 0) is 115 Å². The topological polar surface area (TPSA) is 80.9 Å². The highest BCUT2D eigenvalue weighted by molar-refractivity contribution is 5.55. The molecule has 4 rings (SSSR count). The maximum absolute atomic E-state index is 11.3. The third kappa shape index (κ3) is 8.46. The summed E-state index contributed by atoms with van der Waals surface area (Å²) in [6, 6.07) is 16.6. The first kappa shape index (κ1) is 37.9. The van der Waals surface area contributed by atoms with E-state index in [4.69, 9.17) is 0 Å². The quantitative estimate of drug-likeness (QED) is 0.165. The van der Waals surface area contributed by atoms with E-state index in [1.165, 1.54) is 0 Å². The first-order valence-corrected chi connectivity index (χ1v) is 17.6. The van der Waals surface area contributed by atoms with Gasteiger partial charge in [-0.2, -0.15) is 0 Å². The molecule has 0 aromatic heterocycles. The normalized spacial score (nSPS) is 12.9. The highest BCUT2D eigenvalue weighted by Gasteiger charge is 2.28. The number of hydrogen-bond donors (Lipinski definition) is 4. The molecule has 0 heterocycles. The molecule has 0 aliphatic heterocycles. The Balaban J connectivity index is 1.74. The zero-order valence-electron chi connectivity index (χ0n) is 32.5. The van der Waals surface area contributed by atoms with Crippen molar-refractivity contribution in [1.82, 2.24) is 0 Å². The van der Waals surface area contributed by atoms with Gasteiger partial charge in [-0.1, -0.05) is 132 Å². The van der Waals surface area contributed by atoms with Crippen LogP contribution in [0.15, 0.2) is 48.5 Å². The summed E-state index contributed by atoms with van der Waals surface area (Å²) in [6.45, 7) is 29.3. The van der Waals surface area contributed by atoms with Gasteiger partial charge in [-0.3, -0.25) is 0 Å². The van der Waals surface area contributed by atoms with E-state index >= 15 is 0 Å². The van der Waals surface area contributed by atoms with Crippen LogP contribution in [0.1, 0.15) is 150 Å². The van der Waals surface area contributed by atoms with E-state index < -0.39 is 0 Å². The van der Waals surface area contributed by atoms with Crippen LogP contribution >= 0.6 is 0 Å². The molecule has 4 aromatic rings. The zero-order valence-corrected chi connectivity index (χ0v) is 32.5. The minimum Gasteiger partial charge on any atom is -0.507 e. The Morgan fingerprint density at radius 1 is 0.347 bits per heavy atom.